The van der Waals surface area contributed by atoms with Crippen LogP contribution in [-0.2, 0) is 6.54 Å². The van der Waals surface area contributed by atoms with Crippen molar-refractivity contribution in [3.63, 3.8) is 0 Å². The van der Waals surface area contributed by atoms with Gasteiger partial charge in [-0.3, -0.25) is 0 Å². The molecule has 0 atom stereocenters. The van der Waals surface area contributed by atoms with Crippen LogP contribution in [0.5, 0.6) is 5.75 Å². The van der Waals surface area contributed by atoms with E-state index in [1.54, 1.807) is 13.2 Å². The van der Waals surface area contributed by atoms with E-state index < -0.39 is 11.6 Å². The van der Waals surface area contributed by atoms with E-state index in [1.165, 1.54) is 12.1 Å². The largest absolute Gasteiger partial charge is 0.497 e. The minimum Gasteiger partial charge on any atom is -0.497 e. The van der Waals surface area contributed by atoms with Crippen LogP contribution < -0.4 is 10.1 Å². The molecule has 4 heteroatoms. The van der Waals surface area contributed by atoms with Gasteiger partial charge in [0.05, 0.1) is 7.11 Å². The molecule has 0 radical (unpaired) electrons. The SMILES string of the molecule is COc1cccc(NCc2ccc(F)cc2F)c1. The van der Waals surface area contributed by atoms with Gasteiger partial charge in [-0.1, -0.05) is 12.1 Å². The Morgan fingerprint density at radius 3 is 2.67 bits per heavy atom. The van der Waals surface area contributed by atoms with Crippen molar-refractivity contribution < 1.29 is 13.5 Å². The lowest BCUT2D eigenvalue weighted by Gasteiger charge is -2.08. The van der Waals surface area contributed by atoms with Gasteiger partial charge >= 0.3 is 0 Å². The molecule has 18 heavy (non-hydrogen) atoms. The predicted octanol–water partition coefficient (Wildman–Crippen LogP) is 3.59. The highest BCUT2D eigenvalue weighted by atomic mass is 19.1. The molecule has 0 aliphatic heterocycles. The number of benzene rings is 2. The zero-order valence-electron chi connectivity index (χ0n) is 9.91. The summed E-state index contributed by atoms with van der Waals surface area (Å²) in [6.45, 7) is 0.291. The standard InChI is InChI=1S/C14H13F2NO/c1-18-13-4-2-3-12(8-13)17-9-10-5-6-11(15)7-14(10)16/h2-8,17H,9H2,1H3. The average molecular weight is 249 g/mol. The number of ether oxygens (including phenoxy) is 1. The molecule has 0 fully saturated rings. The van der Waals surface area contributed by atoms with E-state index in [0.29, 0.717) is 12.1 Å². The minimum absolute atomic E-state index is 0.291. The summed E-state index contributed by atoms with van der Waals surface area (Å²) in [5.74, 6) is -0.400. The zero-order valence-corrected chi connectivity index (χ0v) is 9.91. The summed E-state index contributed by atoms with van der Waals surface area (Å²) in [5, 5.41) is 3.05. The van der Waals surface area contributed by atoms with Crippen molar-refractivity contribution in [1.29, 1.82) is 0 Å². The molecule has 0 amide bonds. The topological polar surface area (TPSA) is 21.3 Å². The quantitative estimate of drug-likeness (QED) is 0.894. The van der Waals surface area contributed by atoms with Crippen molar-refractivity contribution in [2.24, 2.45) is 0 Å². The molecule has 0 aromatic heterocycles. The summed E-state index contributed by atoms with van der Waals surface area (Å²) in [4.78, 5) is 0. The third-order valence-electron chi connectivity index (χ3n) is 2.57. The molecule has 0 aliphatic rings. The van der Waals surface area contributed by atoms with Crippen LogP contribution in [0.4, 0.5) is 14.5 Å². The molecule has 0 heterocycles. The van der Waals surface area contributed by atoms with Crippen molar-refractivity contribution in [1.82, 2.24) is 0 Å². The summed E-state index contributed by atoms with van der Waals surface area (Å²) in [5.41, 5.74) is 1.23. The number of methoxy groups -OCH3 is 1. The van der Waals surface area contributed by atoms with Crippen molar-refractivity contribution >= 4 is 5.69 Å². The summed E-state index contributed by atoms with van der Waals surface area (Å²) in [6, 6.07) is 10.9. The van der Waals surface area contributed by atoms with Crippen LogP contribution in [0.25, 0.3) is 0 Å². The van der Waals surface area contributed by atoms with Crippen LogP contribution >= 0.6 is 0 Å². The molecule has 0 saturated carbocycles. The number of nitrogens with one attached hydrogen (secondary N) is 1. The fourth-order valence-electron chi connectivity index (χ4n) is 1.60. The van der Waals surface area contributed by atoms with Gasteiger partial charge in [-0.2, -0.15) is 0 Å². The highest BCUT2D eigenvalue weighted by molar-refractivity contribution is 5.48. The third kappa shape index (κ3) is 2.97. The lowest BCUT2D eigenvalue weighted by molar-refractivity contribution is 0.415. The Hall–Kier alpha value is -2.10. The molecule has 2 rings (SSSR count). The van der Waals surface area contributed by atoms with Crippen molar-refractivity contribution in [2.45, 2.75) is 6.54 Å². The van der Waals surface area contributed by atoms with E-state index in [2.05, 4.69) is 5.32 Å². The fourth-order valence-corrected chi connectivity index (χ4v) is 1.60. The molecule has 0 saturated heterocycles. The van der Waals surface area contributed by atoms with Crippen LogP contribution in [0.3, 0.4) is 0 Å². The molecule has 2 aromatic carbocycles. The van der Waals surface area contributed by atoms with Gasteiger partial charge in [0, 0.05) is 29.9 Å². The Morgan fingerprint density at radius 1 is 1.11 bits per heavy atom. The summed E-state index contributed by atoms with van der Waals surface area (Å²) in [7, 11) is 1.58. The molecule has 0 bridgehead atoms. The lowest BCUT2D eigenvalue weighted by Crippen LogP contribution is -2.02. The van der Waals surface area contributed by atoms with Gasteiger partial charge in [-0.15, -0.1) is 0 Å². The number of rotatable bonds is 4. The van der Waals surface area contributed by atoms with Gasteiger partial charge in [0.2, 0.25) is 0 Å². The first kappa shape index (κ1) is 12.4. The lowest BCUT2D eigenvalue weighted by atomic mass is 10.2. The molecule has 0 unspecified atom stereocenters. The first-order valence-electron chi connectivity index (χ1n) is 5.51. The Balaban J connectivity index is 2.06. The monoisotopic (exact) mass is 249 g/mol. The van der Waals surface area contributed by atoms with Crippen LogP contribution in [0, 0.1) is 11.6 Å². The van der Waals surface area contributed by atoms with E-state index in [0.717, 1.165) is 17.5 Å². The zero-order chi connectivity index (χ0) is 13.0. The highest BCUT2D eigenvalue weighted by Crippen LogP contribution is 2.18. The molecular formula is C14H13F2NO. The van der Waals surface area contributed by atoms with Gasteiger partial charge in [-0.05, 0) is 18.2 Å². The van der Waals surface area contributed by atoms with Crippen molar-refractivity contribution in [3.8, 4) is 5.75 Å². The molecule has 1 N–H and O–H groups in total. The molecular weight excluding hydrogens is 236 g/mol. The first-order chi connectivity index (χ1) is 8.69. The van der Waals surface area contributed by atoms with Gasteiger partial charge in [0.1, 0.15) is 17.4 Å². The Bertz CT molecular complexity index is 543. The Morgan fingerprint density at radius 2 is 1.94 bits per heavy atom. The molecule has 2 nitrogen and oxygen atoms in total. The summed E-state index contributed by atoms with van der Waals surface area (Å²) >= 11 is 0. The first-order valence-corrected chi connectivity index (χ1v) is 5.51. The van der Waals surface area contributed by atoms with Crippen molar-refractivity contribution in [3.05, 3.63) is 59.7 Å². The number of hydrogen-bond donors (Lipinski definition) is 1. The molecule has 0 aliphatic carbocycles. The van der Waals surface area contributed by atoms with E-state index in [-0.39, 0.29) is 0 Å². The molecule has 2 aromatic rings. The van der Waals surface area contributed by atoms with Gasteiger partial charge in [0.25, 0.3) is 0 Å². The molecule has 0 spiro atoms. The maximum atomic E-state index is 13.4. The fraction of sp³-hybridized carbons (Fsp3) is 0.143. The van der Waals surface area contributed by atoms with Gasteiger partial charge in [-0.25, -0.2) is 8.78 Å². The van der Waals surface area contributed by atoms with Crippen LogP contribution in [0.15, 0.2) is 42.5 Å². The third-order valence-corrected chi connectivity index (χ3v) is 2.57. The maximum absolute atomic E-state index is 13.4. The predicted molar refractivity (Wildman–Crippen MR) is 66.7 cm³/mol. The van der Waals surface area contributed by atoms with Crippen LogP contribution in [0.2, 0.25) is 0 Å². The number of hydrogen-bond acceptors (Lipinski definition) is 2. The Kier molecular flexibility index (Phi) is 3.77. The van der Waals surface area contributed by atoms with Crippen LogP contribution in [-0.4, -0.2) is 7.11 Å². The average Bonchev–Trinajstić information content (AvgIpc) is 2.38. The van der Waals surface area contributed by atoms with E-state index in [1.807, 2.05) is 18.2 Å². The second kappa shape index (κ2) is 5.49. The van der Waals surface area contributed by atoms with Crippen molar-refractivity contribution in [2.75, 3.05) is 12.4 Å². The van der Waals surface area contributed by atoms with E-state index in [4.69, 9.17) is 4.74 Å². The number of anilines is 1. The maximum Gasteiger partial charge on any atom is 0.131 e. The van der Waals surface area contributed by atoms with Gasteiger partial charge < -0.3 is 10.1 Å². The normalized spacial score (nSPS) is 10.2. The highest BCUT2D eigenvalue weighted by Gasteiger charge is 2.03. The van der Waals surface area contributed by atoms with Crippen LogP contribution in [0.1, 0.15) is 5.56 Å². The molecule has 94 valence electrons. The Labute approximate surface area is 104 Å². The second-order valence-corrected chi connectivity index (χ2v) is 3.82. The second-order valence-electron chi connectivity index (χ2n) is 3.82. The smallest absolute Gasteiger partial charge is 0.131 e. The van der Waals surface area contributed by atoms with E-state index >= 15 is 0 Å². The minimum atomic E-state index is -0.572. The van der Waals surface area contributed by atoms with E-state index in [9.17, 15) is 8.78 Å². The number of halogens is 2. The van der Waals surface area contributed by atoms with Gasteiger partial charge in [0.15, 0.2) is 0 Å². The summed E-state index contributed by atoms with van der Waals surface area (Å²) < 4.78 is 31.2. The summed E-state index contributed by atoms with van der Waals surface area (Å²) in [6.07, 6.45) is 0.